The number of halogens is 1. The lowest BCUT2D eigenvalue weighted by molar-refractivity contribution is 0.246. The summed E-state index contributed by atoms with van der Waals surface area (Å²) >= 11 is 6.33. The Morgan fingerprint density at radius 3 is 2.90 bits per heavy atom. The molecule has 0 radical (unpaired) electrons. The SMILES string of the molecule is Cc1ccc(CN2CCc3c(N)cccc3C2)c(Cl)c1. The van der Waals surface area contributed by atoms with Gasteiger partial charge in [-0.25, -0.2) is 0 Å². The Kier molecular flexibility index (Phi) is 3.68. The summed E-state index contributed by atoms with van der Waals surface area (Å²) in [5, 5.41) is 0.864. The molecule has 1 heterocycles. The first-order chi connectivity index (χ1) is 9.63. The molecule has 0 spiro atoms. The van der Waals surface area contributed by atoms with E-state index in [-0.39, 0.29) is 0 Å². The molecule has 0 saturated heterocycles. The first-order valence-corrected chi connectivity index (χ1v) is 7.35. The highest BCUT2D eigenvalue weighted by Gasteiger charge is 2.18. The number of anilines is 1. The molecule has 2 aromatic carbocycles. The Morgan fingerprint density at radius 2 is 2.10 bits per heavy atom. The van der Waals surface area contributed by atoms with Gasteiger partial charge in [0, 0.05) is 30.3 Å². The van der Waals surface area contributed by atoms with Crippen LogP contribution < -0.4 is 5.73 Å². The van der Waals surface area contributed by atoms with Gasteiger partial charge in [-0.15, -0.1) is 0 Å². The second-order valence-corrected chi connectivity index (χ2v) is 5.95. The molecule has 0 aromatic heterocycles. The van der Waals surface area contributed by atoms with E-state index in [9.17, 15) is 0 Å². The van der Waals surface area contributed by atoms with Gasteiger partial charge in [-0.05, 0) is 47.7 Å². The zero-order valence-electron chi connectivity index (χ0n) is 11.7. The standard InChI is InChI=1S/C17H19ClN2/c1-12-5-6-14(16(18)9-12)11-20-8-7-15-13(10-20)3-2-4-17(15)19/h2-6,9H,7-8,10-11,19H2,1H3. The van der Waals surface area contributed by atoms with Gasteiger partial charge in [0.1, 0.15) is 0 Å². The fourth-order valence-corrected chi connectivity index (χ4v) is 3.15. The second kappa shape index (κ2) is 5.47. The van der Waals surface area contributed by atoms with Gasteiger partial charge < -0.3 is 5.73 Å². The average Bonchev–Trinajstić information content (AvgIpc) is 2.42. The molecule has 3 rings (SSSR count). The van der Waals surface area contributed by atoms with Crippen molar-refractivity contribution in [3.8, 4) is 0 Å². The van der Waals surface area contributed by atoms with Crippen molar-refractivity contribution in [2.24, 2.45) is 0 Å². The summed E-state index contributed by atoms with van der Waals surface area (Å²) < 4.78 is 0. The fourth-order valence-electron chi connectivity index (χ4n) is 2.85. The molecule has 2 N–H and O–H groups in total. The molecule has 0 atom stereocenters. The van der Waals surface area contributed by atoms with Gasteiger partial charge in [0.25, 0.3) is 0 Å². The lowest BCUT2D eigenvalue weighted by Crippen LogP contribution is -2.30. The fraction of sp³-hybridized carbons (Fsp3) is 0.294. The van der Waals surface area contributed by atoms with E-state index in [1.165, 1.54) is 22.3 Å². The maximum atomic E-state index is 6.33. The number of benzene rings is 2. The minimum atomic E-state index is 0.864. The zero-order chi connectivity index (χ0) is 14.1. The van der Waals surface area contributed by atoms with Crippen molar-refractivity contribution >= 4 is 17.3 Å². The minimum Gasteiger partial charge on any atom is -0.398 e. The summed E-state index contributed by atoms with van der Waals surface area (Å²) in [5.41, 5.74) is 12.0. The summed E-state index contributed by atoms with van der Waals surface area (Å²) in [6.07, 6.45) is 1.02. The highest BCUT2D eigenvalue weighted by Crippen LogP contribution is 2.26. The van der Waals surface area contributed by atoms with E-state index in [0.29, 0.717) is 0 Å². The van der Waals surface area contributed by atoms with Gasteiger partial charge in [-0.2, -0.15) is 0 Å². The van der Waals surface area contributed by atoms with E-state index in [1.807, 2.05) is 18.2 Å². The molecule has 0 unspecified atom stereocenters. The van der Waals surface area contributed by atoms with E-state index in [4.69, 9.17) is 17.3 Å². The third-order valence-corrected chi connectivity index (χ3v) is 4.34. The van der Waals surface area contributed by atoms with E-state index >= 15 is 0 Å². The van der Waals surface area contributed by atoms with Gasteiger partial charge in [0.05, 0.1) is 0 Å². The van der Waals surface area contributed by atoms with Crippen LogP contribution in [0.25, 0.3) is 0 Å². The Morgan fingerprint density at radius 1 is 1.25 bits per heavy atom. The molecule has 0 bridgehead atoms. The van der Waals surface area contributed by atoms with Crippen molar-refractivity contribution in [1.82, 2.24) is 4.90 Å². The molecule has 0 saturated carbocycles. The molecule has 0 aliphatic carbocycles. The zero-order valence-corrected chi connectivity index (χ0v) is 12.5. The monoisotopic (exact) mass is 286 g/mol. The molecule has 0 amide bonds. The van der Waals surface area contributed by atoms with E-state index in [2.05, 4.69) is 30.0 Å². The molecule has 1 aliphatic heterocycles. The van der Waals surface area contributed by atoms with Crippen molar-refractivity contribution in [3.05, 3.63) is 63.7 Å². The highest BCUT2D eigenvalue weighted by atomic mass is 35.5. The molecule has 3 heteroatoms. The van der Waals surface area contributed by atoms with Gasteiger partial charge in [0.15, 0.2) is 0 Å². The van der Waals surface area contributed by atoms with Gasteiger partial charge in [0.2, 0.25) is 0 Å². The Labute approximate surface area is 125 Å². The predicted octanol–water partition coefficient (Wildman–Crippen LogP) is 3.79. The Balaban J connectivity index is 1.77. The summed E-state index contributed by atoms with van der Waals surface area (Å²) in [6, 6.07) is 12.5. The van der Waals surface area contributed by atoms with Gasteiger partial charge >= 0.3 is 0 Å². The van der Waals surface area contributed by atoms with Crippen molar-refractivity contribution in [2.75, 3.05) is 12.3 Å². The highest BCUT2D eigenvalue weighted by molar-refractivity contribution is 6.31. The first kappa shape index (κ1) is 13.5. The molecule has 2 nitrogen and oxygen atoms in total. The van der Waals surface area contributed by atoms with Crippen LogP contribution in [0.3, 0.4) is 0 Å². The average molecular weight is 287 g/mol. The van der Waals surface area contributed by atoms with Crippen LogP contribution in [0.2, 0.25) is 5.02 Å². The number of hydrogen-bond donors (Lipinski definition) is 1. The van der Waals surface area contributed by atoms with E-state index < -0.39 is 0 Å². The van der Waals surface area contributed by atoms with Crippen LogP contribution in [-0.2, 0) is 19.5 Å². The van der Waals surface area contributed by atoms with Crippen LogP contribution in [0.15, 0.2) is 36.4 Å². The van der Waals surface area contributed by atoms with Crippen LogP contribution in [0.4, 0.5) is 5.69 Å². The number of rotatable bonds is 2. The van der Waals surface area contributed by atoms with Crippen LogP contribution >= 0.6 is 11.6 Å². The van der Waals surface area contributed by atoms with Crippen LogP contribution in [0.1, 0.15) is 22.3 Å². The topological polar surface area (TPSA) is 29.3 Å². The molecular formula is C17H19ClN2. The van der Waals surface area contributed by atoms with Crippen LogP contribution in [-0.4, -0.2) is 11.4 Å². The number of nitrogens with zero attached hydrogens (tertiary/aromatic N) is 1. The summed E-state index contributed by atoms with van der Waals surface area (Å²) in [6.45, 7) is 4.94. The van der Waals surface area contributed by atoms with Crippen molar-refractivity contribution in [3.63, 3.8) is 0 Å². The summed E-state index contributed by atoms with van der Waals surface area (Å²) in [4.78, 5) is 2.43. The number of nitrogen functional groups attached to an aromatic ring is 1. The van der Waals surface area contributed by atoms with E-state index in [0.717, 1.165) is 36.8 Å². The molecule has 20 heavy (non-hydrogen) atoms. The minimum absolute atomic E-state index is 0.864. The lowest BCUT2D eigenvalue weighted by atomic mass is 9.97. The van der Waals surface area contributed by atoms with Gasteiger partial charge in [-0.3, -0.25) is 4.90 Å². The molecular weight excluding hydrogens is 268 g/mol. The van der Waals surface area contributed by atoms with Gasteiger partial charge in [-0.1, -0.05) is 35.9 Å². The summed E-state index contributed by atoms with van der Waals surface area (Å²) in [5.74, 6) is 0. The number of fused-ring (bicyclic) bond motifs is 1. The van der Waals surface area contributed by atoms with Crippen molar-refractivity contribution in [2.45, 2.75) is 26.4 Å². The molecule has 2 aromatic rings. The maximum Gasteiger partial charge on any atom is 0.0453 e. The number of nitrogens with two attached hydrogens (primary N) is 1. The van der Waals surface area contributed by atoms with Crippen LogP contribution in [0.5, 0.6) is 0 Å². The quantitative estimate of drug-likeness (QED) is 0.851. The first-order valence-electron chi connectivity index (χ1n) is 6.97. The Bertz CT molecular complexity index is 637. The van der Waals surface area contributed by atoms with E-state index in [1.54, 1.807) is 0 Å². The van der Waals surface area contributed by atoms with Crippen molar-refractivity contribution in [1.29, 1.82) is 0 Å². The third kappa shape index (κ3) is 2.67. The smallest absolute Gasteiger partial charge is 0.0453 e. The Hall–Kier alpha value is -1.51. The lowest BCUT2D eigenvalue weighted by Gasteiger charge is -2.29. The molecule has 104 valence electrons. The number of hydrogen-bond acceptors (Lipinski definition) is 2. The van der Waals surface area contributed by atoms with Crippen molar-refractivity contribution < 1.29 is 0 Å². The molecule has 0 fully saturated rings. The van der Waals surface area contributed by atoms with Crippen LogP contribution in [0, 0.1) is 6.92 Å². The largest absolute Gasteiger partial charge is 0.398 e. The summed E-state index contributed by atoms with van der Waals surface area (Å²) in [7, 11) is 0. The molecule has 1 aliphatic rings. The predicted molar refractivity (Wildman–Crippen MR) is 84.9 cm³/mol. The second-order valence-electron chi connectivity index (χ2n) is 5.54. The number of aryl methyl sites for hydroxylation is 1. The maximum absolute atomic E-state index is 6.33. The normalized spacial score (nSPS) is 15.1. The third-order valence-electron chi connectivity index (χ3n) is 3.98.